The Morgan fingerprint density at radius 2 is 1.65 bits per heavy atom. The molecule has 7 nitrogen and oxygen atoms in total. The predicted octanol–water partition coefficient (Wildman–Crippen LogP) is 0.131. The van der Waals surface area contributed by atoms with Gasteiger partial charge in [0.2, 0.25) is 17.7 Å². The molecule has 0 heterocycles. The molecule has 0 bridgehead atoms. The van der Waals surface area contributed by atoms with Gasteiger partial charge < -0.3 is 20.7 Å². The predicted molar refractivity (Wildman–Crippen MR) is 86.0 cm³/mol. The maximum absolute atomic E-state index is 11.7. The molecule has 0 saturated carbocycles. The van der Waals surface area contributed by atoms with E-state index in [4.69, 9.17) is 4.74 Å². The first kappa shape index (κ1) is 18.5. The molecule has 0 aromatic heterocycles. The summed E-state index contributed by atoms with van der Waals surface area (Å²) in [5.41, 5.74) is 1.15. The zero-order valence-corrected chi connectivity index (χ0v) is 13.6. The molecule has 0 saturated heterocycles. The Morgan fingerprint density at radius 3 is 2.26 bits per heavy atom. The van der Waals surface area contributed by atoms with Crippen LogP contribution in [0.25, 0.3) is 0 Å². The van der Waals surface area contributed by atoms with Crippen LogP contribution in [0.2, 0.25) is 0 Å². The minimum atomic E-state index is -0.418. The number of carbonyl (C=O) groups is 3. The quantitative estimate of drug-likeness (QED) is 0.634. The summed E-state index contributed by atoms with van der Waals surface area (Å²) in [5.74, 6) is -0.299. The fourth-order valence-corrected chi connectivity index (χ4v) is 1.67. The second-order valence-electron chi connectivity index (χ2n) is 5.28. The lowest BCUT2D eigenvalue weighted by Gasteiger charge is -2.15. The van der Waals surface area contributed by atoms with Gasteiger partial charge in [0.05, 0.1) is 19.1 Å². The molecular weight excluding hydrogens is 298 g/mol. The van der Waals surface area contributed by atoms with E-state index in [1.807, 2.05) is 38.1 Å². The molecule has 1 aromatic rings. The standard InChI is InChI=1S/C16H23N3O4/c1-11-4-6-14(7-5-11)23-10-12(2)19-16(22)9-18-15(21)8-17-13(3)20/h4-7,12H,8-10H2,1-3H3,(H,17,20)(H,18,21)(H,19,22). The summed E-state index contributed by atoms with van der Waals surface area (Å²) in [4.78, 5) is 33.7. The Morgan fingerprint density at radius 1 is 1.04 bits per heavy atom. The summed E-state index contributed by atoms with van der Waals surface area (Å²) in [6.45, 7) is 5.16. The molecule has 126 valence electrons. The SMILES string of the molecule is CC(=O)NCC(=O)NCC(=O)NC(C)COc1ccc(C)cc1. The van der Waals surface area contributed by atoms with Gasteiger partial charge in [0.15, 0.2) is 0 Å². The van der Waals surface area contributed by atoms with Crippen molar-refractivity contribution >= 4 is 17.7 Å². The highest BCUT2D eigenvalue weighted by Crippen LogP contribution is 2.11. The molecule has 23 heavy (non-hydrogen) atoms. The van der Waals surface area contributed by atoms with Crippen LogP contribution in [0.15, 0.2) is 24.3 Å². The van der Waals surface area contributed by atoms with Gasteiger partial charge in [0, 0.05) is 6.92 Å². The molecule has 1 rings (SSSR count). The molecular formula is C16H23N3O4. The summed E-state index contributed by atoms with van der Waals surface area (Å²) < 4.78 is 5.56. The Balaban J connectivity index is 2.21. The highest BCUT2D eigenvalue weighted by Gasteiger charge is 2.10. The second kappa shape index (κ2) is 9.45. The van der Waals surface area contributed by atoms with Crippen molar-refractivity contribution in [2.75, 3.05) is 19.7 Å². The lowest BCUT2D eigenvalue weighted by Crippen LogP contribution is -2.45. The molecule has 1 unspecified atom stereocenters. The van der Waals surface area contributed by atoms with E-state index in [0.29, 0.717) is 6.61 Å². The van der Waals surface area contributed by atoms with Gasteiger partial charge in [-0.05, 0) is 26.0 Å². The monoisotopic (exact) mass is 321 g/mol. The maximum atomic E-state index is 11.7. The van der Waals surface area contributed by atoms with Gasteiger partial charge in [-0.2, -0.15) is 0 Å². The van der Waals surface area contributed by atoms with E-state index in [1.165, 1.54) is 6.92 Å². The normalized spacial score (nSPS) is 11.3. The van der Waals surface area contributed by atoms with E-state index >= 15 is 0 Å². The largest absolute Gasteiger partial charge is 0.491 e. The molecule has 7 heteroatoms. The average molecular weight is 321 g/mol. The van der Waals surface area contributed by atoms with Crippen molar-refractivity contribution in [1.29, 1.82) is 0 Å². The van der Waals surface area contributed by atoms with Crippen LogP contribution >= 0.6 is 0 Å². The van der Waals surface area contributed by atoms with E-state index in [0.717, 1.165) is 11.3 Å². The molecule has 0 aliphatic heterocycles. The van der Waals surface area contributed by atoms with E-state index in [2.05, 4.69) is 16.0 Å². The van der Waals surface area contributed by atoms with E-state index < -0.39 is 5.91 Å². The van der Waals surface area contributed by atoms with Gasteiger partial charge in [-0.3, -0.25) is 14.4 Å². The molecule has 3 N–H and O–H groups in total. The number of aryl methyl sites for hydroxylation is 1. The van der Waals surface area contributed by atoms with Crippen molar-refractivity contribution in [3.05, 3.63) is 29.8 Å². The first-order valence-corrected chi connectivity index (χ1v) is 7.37. The Bertz CT molecular complexity index is 543. The molecule has 0 aliphatic carbocycles. The third-order valence-corrected chi connectivity index (χ3v) is 2.87. The summed E-state index contributed by atoms with van der Waals surface area (Å²) in [7, 11) is 0. The minimum absolute atomic E-state index is 0.144. The fourth-order valence-electron chi connectivity index (χ4n) is 1.67. The number of hydrogen-bond donors (Lipinski definition) is 3. The second-order valence-corrected chi connectivity index (χ2v) is 5.28. The van der Waals surface area contributed by atoms with Crippen LogP contribution in [0, 0.1) is 6.92 Å². The number of benzene rings is 1. The van der Waals surface area contributed by atoms with Crippen LogP contribution in [-0.2, 0) is 14.4 Å². The number of rotatable bonds is 8. The summed E-state index contributed by atoms with van der Waals surface area (Å²) in [6.07, 6.45) is 0. The molecule has 1 aromatic carbocycles. The first-order valence-electron chi connectivity index (χ1n) is 7.37. The first-order chi connectivity index (χ1) is 10.9. The zero-order chi connectivity index (χ0) is 17.2. The van der Waals surface area contributed by atoms with Crippen molar-refractivity contribution in [1.82, 2.24) is 16.0 Å². The molecule has 0 aliphatic rings. The summed E-state index contributed by atoms with van der Waals surface area (Å²) in [6, 6.07) is 7.43. The molecule has 1 atom stereocenters. The molecule has 3 amide bonds. The third kappa shape index (κ3) is 8.45. The number of nitrogens with one attached hydrogen (secondary N) is 3. The third-order valence-electron chi connectivity index (χ3n) is 2.87. The summed E-state index contributed by atoms with van der Waals surface area (Å²) in [5, 5.41) is 7.48. The van der Waals surface area contributed by atoms with Crippen LogP contribution < -0.4 is 20.7 Å². The van der Waals surface area contributed by atoms with Crippen molar-refractivity contribution in [3.63, 3.8) is 0 Å². The van der Waals surface area contributed by atoms with Crippen molar-refractivity contribution in [2.45, 2.75) is 26.8 Å². The number of carbonyl (C=O) groups excluding carboxylic acids is 3. The van der Waals surface area contributed by atoms with Gasteiger partial charge >= 0.3 is 0 Å². The van der Waals surface area contributed by atoms with Crippen LogP contribution in [0.5, 0.6) is 5.75 Å². The van der Waals surface area contributed by atoms with Gasteiger partial charge in [0.25, 0.3) is 0 Å². The fraction of sp³-hybridized carbons (Fsp3) is 0.438. The van der Waals surface area contributed by atoms with Gasteiger partial charge in [-0.25, -0.2) is 0 Å². The van der Waals surface area contributed by atoms with E-state index in [9.17, 15) is 14.4 Å². The number of amides is 3. The summed E-state index contributed by atoms with van der Waals surface area (Å²) >= 11 is 0. The topological polar surface area (TPSA) is 96.5 Å². The lowest BCUT2D eigenvalue weighted by atomic mass is 10.2. The van der Waals surface area contributed by atoms with Crippen LogP contribution in [-0.4, -0.2) is 43.5 Å². The van der Waals surface area contributed by atoms with Crippen molar-refractivity contribution < 1.29 is 19.1 Å². The van der Waals surface area contributed by atoms with Gasteiger partial charge in [0.1, 0.15) is 12.4 Å². The maximum Gasteiger partial charge on any atom is 0.239 e. The van der Waals surface area contributed by atoms with Crippen molar-refractivity contribution in [3.8, 4) is 5.75 Å². The van der Waals surface area contributed by atoms with Gasteiger partial charge in [-0.1, -0.05) is 17.7 Å². The Hall–Kier alpha value is -2.57. The highest BCUT2D eigenvalue weighted by atomic mass is 16.5. The Kier molecular flexibility index (Phi) is 7.59. The zero-order valence-electron chi connectivity index (χ0n) is 13.6. The number of hydrogen-bond acceptors (Lipinski definition) is 4. The van der Waals surface area contributed by atoms with E-state index in [-0.39, 0.29) is 30.9 Å². The Labute approximate surface area is 135 Å². The van der Waals surface area contributed by atoms with E-state index in [1.54, 1.807) is 0 Å². The van der Waals surface area contributed by atoms with Crippen LogP contribution in [0.3, 0.4) is 0 Å². The highest BCUT2D eigenvalue weighted by molar-refractivity contribution is 5.87. The lowest BCUT2D eigenvalue weighted by molar-refractivity contribution is -0.127. The average Bonchev–Trinajstić information content (AvgIpc) is 2.50. The van der Waals surface area contributed by atoms with Crippen LogP contribution in [0.1, 0.15) is 19.4 Å². The van der Waals surface area contributed by atoms with Gasteiger partial charge in [-0.15, -0.1) is 0 Å². The molecule has 0 spiro atoms. The minimum Gasteiger partial charge on any atom is -0.491 e. The van der Waals surface area contributed by atoms with Crippen molar-refractivity contribution in [2.24, 2.45) is 0 Å². The smallest absolute Gasteiger partial charge is 0.239 e. The number of ether oxygens (including phenoxy) is 1. The molecule has 0 fully saturated rings. The van der Waals surface area contributed by atoms with Crippen LogP contribution in [0.4, 0.5) is 0 Å². The molecule has 0 radical (unpaired) electrons.